The van der Waals surface area contributed by atoms with Gasteiger partial charge in [-0.3, -0.25) is 14.5 Å². The number of pyridine rings is 1. The number of halogens is 4. The molecule has 0 bridgehead atoms. The number of carboxylic acid groups (broad SMARTS) is 1. The second-order valence-electron chi connectivity index (χ2n) is 13.3. The maximum atomic E-state index is 14.2. The molecule has 7 rings (SSSR count). The quantitative estimate of drug-likeness (QED) is 0.206. The summed E-state index contributed by atoms with van der Waals surface area (Å²) < 4.78 is 55.5. The molecule has 0 saturated carbocycles. The highest BCUT2D eigenvalue weighted by Gasteiger charge is 2.50. The van der Waals surface area contributed by atoms with E-state index in [0.29, 0.717) is 53.1 Å². The molecule has 2 N–H and O–H groups in total. The molecular formula is C37H36ClF3N6O6. The van der Waals surface area contributed by atoms with E-state index in [4.69, 9.17) is 26.1 Å². The molecule has 2 fully saturated rings. The number of nitrogens with one attached hydrogen (secondary N) is 1. The predicted octanol–water partition coefficient (Wildman–Crippen LogP) is 4.93. The van der Waals surface area contributed by atoms with Gasteiger partial charge in [-0.25, -0.2) is 27.9 Å². The number of nitrogens with zero attached hydrogens (tertiary/aromatic N) is 5. The molecule has 0 aliphatic carbocycles. The number of amides is 2. The molecule has 3 aliphatic heterocycles. The van der Waals surface area contributed by atoms with Gasteiger partial charge in [0.05, 0.1) is 49.0 Å². The highest BCUT2D eigenvalue weighted by molar-refractivity contribution is 6.30. The third-order valence-electron chi connectivity index (χ3n) is 9.65. The lowest BCUT2D eigenvalue weighted by molar-refractivity contribution is -0.147. The molecule has 0 unspecified atom stereocenters. The Morgan fingerprint density at radius 3 is 2.66 bits per heavy atom. The zero-order valence-electron chi connectivity index (χ0n) is 28.4. The van der Waals surface area contributed by atoms with Gasteiger partial charge >= 0.3 is 5.97 Å². The summed E-state index contributed by atoms with van der Waals surface area (Å²) in [4.78, 5) is 49.5. The molecular weight excluding hydrogens is 717 g/mol. The fourth-order valence-corrected chi connectivity index (χ4v) is 6.85. The second kappa shape index (κ2) is 15.2. The molecule has 53 heavy (non-hydrogen) atoms. The summed E-state index contributed by atoms with van der Waals surface area (Å²) in [6.45, 7) is 1.53. The van der Waals surface area contributed by atoms with Crippen LogP contribution in [0.4, 0.5) is 13.2 Å². The highest BCUT2D eigenvalue weighted by atomic mass is 35.5. The number of alkyl halides is 2. The predicted molar refractivity (Wildman–Crippen MR) is 187 cm³/mol. The van der Waals surface area contributed by atoms with Gasteiger partial charge in [0.15, 0.2) is 0 Å². The number of imidazole rings is 1. The molecule has 0 radical (unpaired) electrons. The Bertz CT molecular complexity index is 2090. The van der Waals surface area contributed by atoms with Crippen LogP contribution in [0.5, 0.6) is 5.88 Å². The van der Waals surface area contributed by atoms with Gasteiger partial charge in [-0.2, -0.15) is 0 Å². The lowest BCUT2D eigenvalue weighted by Crippen LogP contribution is -2.45. The Hall–Kier alpha value is -4.99. The number of benzene rings is 2. The van der Waals surface area contributed by atoms with Gasteiger partial charge in [0.1, 0.15) is 24.3 Å². The average Bonchev–Trinajstić information content (AvgIpc) is 3.64. The van der Waals surface area contributed by atoms with Gasteiger partial charge in [-0.1, -0.05) is 29.8 Å². The van der Waals surface area contributed by atoms with Crippen LogP contribution < -0.4 is 10.1 Å². The van der Waals surface area contributed by atoms with Crippen LogP contribution >= 0.6 is 11.6 Å². The van der Waals surface area contributed by atoms with E-state index in [2.05, 4.69) is 25.8 Å². The number of rotatable bonds is 12. The molecule has 2 atom stereocenters. The van der Waals surface area contributed by atoms with Crippen LogP contribution in [-0.2, 0) is 34.0 Å². The van der Waals surface area contributed by atoms with Crippen LogP contribution in [0.25, 0.3) is 16.6 Å². The molecule has 5 heterocycles. The summed E-state index contributed by atoms with van der Waals surface area (Å²) in [6, 6.07) is 13.3. The Labute approximate surface area is 307 Å². The van der Waals surface area contributed by atoms with E-state index < -0.39 is 55.1 Å². The number of carboxylic acids is 1. The Morgan fingerprint density at radius 1 is 1.11 bits per heavy atom. The van der Waals surface area contributed by atoms with Gasteiger partial charge in [0.25, 0.3) is 11.8 Å². The zero-order valence-corrected chi connectivity index (χ0v) is 29.2. The molecule has 2 aromatic heterocycles. The smallest absolute Gasteiger partial charge is 0.326 e. The first kappa shape index (κ1) is 36.4. The first-order chi connectivity index (χ1) is 25.4. The number of ether oxygens (including phenoxy) is 2. The van der Waals surface area contributed by atoms with Crippen molar-refractivity contribution in [3.63, 3.8) is 0 Å². The maximum absolute atomic E-state index is 14.2. The number of hydrogen-bond donors (Lipinski definition) is 2. The van der Waals surface area contributed by atoms with Crippen LogP contribution in [0.2, 0.25) is 5.02 Å². The van der Waals surface area contributed by atoms with Crippen molar-refractivity contribution in [2.75, 3.05) is 32.8 Å². The molecule has 2 aromatic carbocycles. The van der Waals surface area contributed by atoms with Gasteiger partial charge < -0.3 is 29.4 Å². The first-order valence-electron chi connectivity index (χ1n) is 17.2. The van der Waals surface area contributed by atoms with Gasteiger partial charge in [0.2, 0.25) is 11.8 Å². The fraction of sp³-hybridized carbons (Fsp3) is 0.378. The van der Waals surface area contributed by atoms with Crippen molar-refractivity contribution >= 4 is 46.0 Å². The Kier molecular flexibility index (Phi) is 10.4. The van der Waals surface area contributed by atoms with Crippen molar-refractivity contribution in [1.82, 2.24) is 29.7 Å². The standard InChI is InChI=1S/C37H36ClF3N6O6/c38-25-6-4-24(27(39)15-25)20-53-33-3-1-2-28(44-33)22-8-11-45(12-9-22)19-32-43-29-14-23(5-7-30(29)46(32)18-26-10-13-52-26)35(49)42-17-34(48)47-21-37(40,41)16-31(47)36(50)51/h1-8,14-15,26,31H,9-13,16-21H2,(H,42,49)(H,50,51)/t26-,31-/m0/s1. The van der Waals surface area contributed by atoms with E-state index in [1.54, 1.807) is 36.4 Å². The van der Waals surface area contributed by atoms with Crippen LogP contribution in [-0.4, -0.2) is 98.1 Å². The summed E-state index contributed by atoms with van der Waals surface area (Å²) in [5, 5.41) is 12.0. The van der Waals surface area contributed by atoms with Crippen molar-refractivity contribution < 1.29 is 42.1 Å². The minimum Gasteiger partial charge on any atom is -0.480 e. The monoisotopic (exact) mass is 752 g/mol. The first-order valence-corrected chi connectivity index (χ1v) is 17.5. The molecule has 4 aromatic rings. The lowest BCUT2D eigenvalue weighted by Gasteiger charge is -2.29. The number of aliphatic carboxylic acids is 1. The normalized spacial score (nSPS) is 19.8. The van der Waals surface area contributed by atoms with Crippen LogP contribution in [0.15, 0.2) is 60.7 Å². The van der Waals surface area contributed by atoms with Crippen LogP contribution in [0.3, 0.4) is 0 Å². The second-order valence-corrected chi connectivity index (χ2v) is 13.8. The molecule has 16 heteroatoms. The van der Waals surface area contributed by atoms with Crippen molar-refractivity contribution in [2.24, 2.45) is 0 Å². The van der Waals surface area contributed by atoms with Crippen LogP contribution in [0.1, 0.15) is 46.7 Å². The third-order valence-corrected chi connectivity index (χ3v) is 9.88. The van der Waals surface area contributed by atoms with E-state index in [0.717, 1.165) is 42.0 Å². The summed E-state index contributed by atoms with van der Waals surface area (Å²) in [7, 11) is 0. The number of carbonyl (C=O) groups is 3. The van der Waals surface area contributed by atoms with E-state index in [1.807, 2.05) is 12.1 Å². The molecule has 278 valence electrons. The van der Waals surface area contributed by atoms with Crippen LogP contribution in [0, 0.1) is 5.82 Å². The molecule has 2 amide bonds. The highest BCUT2D eigenvalue weighted by Crippen LogP contribution is 2.32. The maximum Gasteiger partial charge on any atom is 0.326 e. The minimum absolute atomic E-state index is 0.0164. The molecule has 2 saturated heterocycles. The molecule has 0 spiro atoms. The zero-order chi connectivity index (χ0) is 37.3. The number of aromatic nitrogens is 3. The largest absolute Gasteiger partial charge is 0.480 e. The topological polar surface area (TPSA) is 139 Å². The van der Waals surface area contributed by atoms with Gasteiger partial charge in [0, 0.05) is 48.3 Å². The Balaban J connectivity index is 1.01. The van der Waals surface area contributed by atoms with Crippen molar-refractivity contribution in [1.29, 1.82) is 0 Å². The molecule has 3 aliphatic rings. The summed E-state index contributed by atoms with van der Waals surface area (Å²) in [5.41, 5.74) is 3.80. The van der Waals surface area contributed by atoms with E-state index >= 15 is 0 Å². The fourth-order valence-electron chi connectivity index (χ4n) is 6.69. The average molecular weight is 753 g/mol. The van der Waals surface area contributed by atoms with Crippen molar-refractivity contribution in [3.8, 4) is 5.88 Å². The van der Waals surface area contributed by atoms with Crippen molar-refractivity contribution in [3.05, 3.63) is 94.2 Å². The lowest BCUT2D eigenvalue weighted by atomic mass is 10.0. The number of carbonyl (C=O) groups excluding carboxylic acids is 2. The van der Waals surface area contributed by atoms with E-state index in [-0.39, 0.29) is 18.3 Å². The minimum atomic E-state index is -3.32. The SMILES string of the molecule is O=C(NCC(=O)N1CC(F)(F)C[C@H]1C(=O)O)c1ccc2c(c1)nc(CN1CC=C(c3cccc(OCc4ccc(Cl)cc4F)n3)CC1)n2C[C@@H]1CCO1. The van der Waals surface area contributed by atoms with Gasteiger partial charge in [-0.05, 0) is 54.8 Å². The summed E-state index contributed by atoms with van der Waals surface area (Å²) >= 11 is 5.85. The number of fused-ring (bicyclic) bond motifs is 1. The third kappa shape index (κ3) is 8.32. The van der Waals surface area contributed by atoms with Crippen molar-refractivity contribution in [2.45, 2.75) is 57.0 Å². The number of hydrogen-bond acceptors (Lipinski definition) is 8. The summed E-state index contributed by atoms with van der Waals surface area (Å²) in [5.74, 6) is -5.63. The van der Waals surface area contributed by atoms with E-state index in [1.165, 1.54) is 6.07 Å². The molecule has 12 nitrogen and oxygen atoms in total. The summed E-state index contributed by atoms with van der Waals surface area (Å²) in [6.07, 6.45) is 2.82. The number of likely N-dealkylation sites (tertiary alicyclic amines) is 1. The Morgan fingerprint density at radius 2 is 1.94 bits per heavy atom. The van der Waals surface area contributed by atoms with E-state index in [9.17, 15) is 32.7 Å². The van der Waals surface area contributed by atoms with Gasteiger partial charge in [-0.15, -0.1) is 0 Å².